The maximum atomic E-state index is 12.3. The van der Waals surface area contributed by atoms with E-state index in [4.69, 9.17) is 4.74 Å². The van der Waals surface area contributed by atoms with Gasteiger partial charge in [0.15, 0.2) is 0 Å². The van der Waals surface area contributed by atoms with Gasteiger partial charge in [0.25, 0.3) is 5.91 Å². The van der Waals surface area contributed by atoms with Crippen molar-refractivity contribution in [2.75, 3.05) is 19.7 Å². The summed E-state index contributed by atoms with van der Waals surface area (Å²) in [6, 6.07) is 0.278. The highest BCUT2D eigenvalue weighted by Gasteiger charge is 2.37. The normalized spacial score (nSPS) is 36.1. The molecule has 0 radical (unpaired) electrons. The number of hydrogen-bond acceptors (Lipinski definition) is 3. The molecule has 3 aliphatic heterocycles. The second-order valence-electron chi connectivity index (χ2n) is 5.55. The number of nitrogens with zero attached hydrogens (tertiary/aromatic N) is 1. The van der Waals surface area contributed by atoms with Crippen LogP contribution < -0.4 is 5.32 Å². The van der Waals surface area contributed by atoms with Crippen LogP contribution in [0.3, 0.4) is 0 Å². The lowest BCUT2D eigenvalue weighted by atomic mass is 9.85. The Bertz CT molecular complexity index is 352. The van der Waals surface area contributed by atoms with Crippen LogP contribution in [0.5, 0.6) is 0 Å². The fraction of sp³-hybridized carbons (Fsp3) is 0.846. The van der Waals surface area contributed by atoms with Gasteiger partial charge in [-0.15, -0.1) is 0 Å². The molecule has 18 heavy (non-hydrogen) atoms. The van der Waals surface area contributed by atoms with E-state index in [0.29, 0.717) is 18.9 Å². The van der Waals surface area contributed by atoms with Crippen molar-refractivity contribution in [2.24, 2.45) is 5.92 Å². The molecule has 3 rings (SSSR count). The monoisotopic (exact) mass is 252 g/mol. The lowest BCUT2D eigenvalue weighted by Gasteiger charge is -2.41. The van der Waals surface area contributed by atoms with Gasteiger partial charge in [-0.1, -0.05) is 0 Å². The molecule has 1 N–H and O–H groups in total. The Morgan fingerprint density at radius 1 is 1.33 bits per heavy atom. The van der Waals surface area contributed by atoms with E-state index in [1.54, 1.807) is 0 Å². The lowest BCUT2D eigenvalue weighted by Crippen LogP contribution is -2.56. The van der Waals surface area contributed by atoms with Gasteiger partial charge in [0.1, 0.15) is 6.10 Å². The van der Waals surface area contributed by atoms with Crippen molar-refractivity contribution in [1.29, 1.82) is 0 Å². The SMILES string of the molecule is O=C1CCC2CN(C(=O)[C@H]3CCCO3)CCC2N1. The number of piperidine rings is 2. The summed E-state index contributed by atoms with van der Waals surface area (Å²) in [5.74, 6) is 0.750. The van der Waals surface area contributed by atoms with Gasteiger partial charge in [-0.25, -0.2) is 0 Å². The highest BCUT2D eigenvalue weighted by molar-refractivity contribution is 5.81. The molecule has 5 heteroatoms. The zero-order valence-electron chi connectivity index (χ0n) is 10.6. The van der Waals surface area contributed by atoms with E-state index >= 15 is 0 Å². The first-order valence-electron chi connectivity index (χ1n) is 6.94. The summed E-state index contributed by atoms with van der Waals surface area (Å²) in [5.41, 5.74) is 0. The molecule has 100 valence electrons. The van der Waals surface area contributed by atoms with Crippen molar-refractivity contribution < 1.29 is 14.3 Å². The summed E-state index contributed by atoms with van der Waals surface area (Å²) in [7, 11) is 0. The molecular formula is C13H20N2O3. The molecule has 0 bridgehead atoms. The van der Waals surface area contributed by atoms with E-state index in [-0.39, 0.29) is 24.0 Å². The van der Waals surface area contributed by atoms with Gasteiger partial charge < -0.3 is 15.0 Å². The van der Waals surface area contributed by atoms with Crippen LogP contribution in [0.2, 0.25) is 0 Å². The summed E-state index contributed by atoms with van der Waals surface area (Å²) in [4.78, 5) is 25.5. The minimum atomic E-state index is -0.209. The van der Waals surface area contributed by atoms with Crippen molar-refractivity contribution in [3.8, 4) is 0 Å². The number of amides is 2. The summed E-state index contributed by atoms with van der Waals surface area (Å²) in [5, 5.41) is 3.04. The fourth-order valence-electron chi connectivity index (χ4n) is 3.29. The number of fused-ring (bicyclic) bond motifs is 1. The molecule has 3 fully saturated rings. The van der Waals surface area contributed by atoms with Gasteiger partial charge in [0.2, 0.25) is 5.91 Å². The van der Waals surface area contributed by atoms with E-state index in [0.717, 1.165) is 38.8 Å². The maximum Gasteiger partial charge on any atom is 0.251 e. The predicted octanol–water partition coefficient (Wildman–Crippen LogP) is 0.293. The minimum Gasteiger partial charge on any atom is -0.368 e. The third-order valence-electron chi connectivity index (χ3n) is 4.34. The summed E-state index contributed by atoms with van der Waals surface area (Å²) >= 11 is 0. The highest BCUT2D eigenvalue weighted by Crippen LogP contribution is 2.26. The average Bonchev–Trinajstić information content (AvgIpc) is 2.91. The first kappa shape index (κ1) is 12.0. The number of hydrogen-bond donors (Lipinski definition) is 1. The third-order valence-corrected chi connectivity index (χ3v) is 4.34. The Balaban J connectivity index is 1.59. The van der Waals surface area contributed by atoms with Crippen molar-refractivity contribution in [2.45, 2.75) is 44.2 Å². The van der Waals surface area contributed by atoms with E-state index < -0.39 is 0 Å². The van der Waals surface area contributed by atoms with Gasteiger partial charge in [0.05, 0.1) is 0 Å². The van der Waals surface area contributed by atoms with Gasteiger partial charge in [-0.2, -0.15) is 0 Å². The Morgan fingerprint density at radius 3 is 3.00 bits per heavy atom. The number of carbonyl (C=O) groups excluding carboxylic acids is 2. The standard InChI is InChI=1S/C13H20N2O3/c16-12-4-3-9-8-15(6-5-10(9)14-12)13(17)11-2-1-7-18-11/h9-11H,1-8H2,(H,14,16)/t9?,10?,11-/m1/s1. The topological polar surface area (TPSA) is 58.6 Å². The van der Waals surface area contributed by atoms with Crippen molar-refractivity contribution in [3.05, 3.63) is 0 Å². The van der Waals surface area contributed by atoms with E-state index in [1.807, 2.05) is 4.90 Å². The van der Waals surface area contributed by atoms with Crippen LogP contribution in [0, 0.1) is 5.92 Å². The van der Waals surface area contributed by atoms with Crippen molar-refractivity contribution >= 4 is 11.8 Å². The third kappa shape index (κ3) is 2.23. The second-order valence-corrected chi connectivity index (χ2v) is 5.55. The van der Waals surface area contributed by atoms with Crippen LogP contribution in [0.4, 0.5) is 0 Å². The first-order valence-corrected chi connectivity index (χ1v) is 6.94. The van der Waals surface area contributed by atoms with E-state index in [1.165, 1.54) is 0 Å². The van der Waals surface area contributed by atoms with Gasteiger partial charge in [-0.3, -0.25) is 9.59 Å². The molecular weight excluding hydrogens is 232 g/mol. The van der Waals surface area contributed by atoms with E-state index in [2.05, 4.69) is 5.32 Å². The van der Waals surface area contributed by atoms with Gasteiger partial charge in [-0.05, 0) is 31.6 Å². The molecule has 0 aromatic carbocycles. The minimum absolute atomic E-state index is 0.155. The lowest BCUT2D eigenvalue weighted by molar-refractivity contribution is -0.144. The first-order chi connectivity index (χ1) is 8.74. The highest BCUT2D eigenvalue weighted by atomic mass is 16.5. The van der Waals surface area contributed by atoms with Crippen molar-refractivity contribution in [1.82, 2.24) is 10.2 Å². The average molecular weight is 252 g/mol. The zero-order chi connectivity index (χ0) is 12.5. The van der Waals surface area contributed by atoms with Crippen LogP contribution in [-0.2, 0) is 14.3 Å². The molecule has 3 heterocycles. The van der Waals surface area contributed by atoms with Crippen LogP contribution in [0.1, 0.15) is 32.1 Å². The molecule has 3 aliphatic rings. The molecule has 0 spiro atoms. The maximum absolute atomic E-state index is 12.3. The number of nitrogens with one attached hydrogen (secondary N) is 1. The molecule has 5 nitrogen and oxygen atoms in total. The number of likely N-dealkylation sites (tertiary alicyclic amines) is 1. The Kier molecular flexibility index (Phi) is 3.24. The molecule has 3 saturated heterocycles. The molecule has 2 unspecified atom stereocenters. The zero-order valence-corrected chi connectivity index (χ0v) is 10.6. The predicted molar refractivity (Wildman–Crippen MR) is 64.8 cm³/mol. The smallest absolute Gasteiger partial charge is 0.251 e. The Labute approximate surface area is 107 Å². The van der Waals surface area contributed by atoms with Crippen molar-refractivity contribution in [3.63, 3.8) is 0 Å². The molecule has 0 saturated carbocycles. The molecule has 0 aliphatic carbocycles. The molecule has 3 atom stereocenters. The quantitative estimate of drug-likeness (QED) is 0.730. The fourth-order valence-corrected chi connectivity index (χ4v) is 3.29. The Hall–Kier alpha value is -1.10. The summed E-state index contributed by atoms with van der Waals surface area (Å²) in [6.45, 7) is 2.25. The van der Waals surface area contributed by atoms with Crippen LogP contribution in [0.25, 0.3) is 0 Å². The van der Waals surface area contributed by atoms with Crippen LogP contribution in [0.15, 0.2) is 0 Å². The van der Waals surface area contributed by atoms with E-state index in [9.17, 15) is 9.59 Å². The summed E-state index contributed by atoms with van der Waals surface area (Å²) in [6.07, 6.45) is 4.04. The number of carbonyl (C=O) groups is 2. The second kappa shape index (κ2) is 4.88. The number of rotatable bonds is 1. The Morgan fingerprint density at radius 2 is 2.22 bits per heavy atom. The summed E-state index contributed by atoms with van der Waals surface area (Å²) < 4.78 is 5.46. The van der Waals surface area contributed by atoms with Gasteiger partial charge in [0, 0.05) is 32.2 Å². The molecule has 0 aromatic rings. The molecule has 0 aromatic heterocycles. The van der Waals surface area contributed by atoms with Crippen LogP contribution >= 0.6 is 0 Å². The number of ether oxygens (including phenoxy) is 1. The van der Waals surface area contributed by atoms with Crippen LogP contribution in [-0.4, -0.2) is 48.6 Å². The molecule has 2 amide bonds. The van der Waals surface area contributed by atoms with Gasteiger partial charge >= 0.3 is 0 Å². The largest absolute Gasteiger partial charge is 0.368 e.